The molecule has 0 radical (unpaired) electrons. The predicted molar refractivity (Wildman–Crippen MR) is 148 cm³/mol. The number of amidine groups is 2. The maximum absolute atomic E-state index is 13.1. The van der Waals surface area contributed by atoms with Crippen LogP contribution in [0.5, 0.6) is 0 Å². The van der Waals surface area contributed by atoms with E-state index in [-0.39, 0.29) is 17.9 Å². The number of carboxylic acid groups (broad SMARTS) is 1. The number of ether oxygens (including phenoxy) is 1. The summed E-state index contributed by atoms with van der Waals surface area (Å²) in [5, 5.41) is 16.4. The Morgan fingerprint density at radius 2 is 1.82 bits per heavy atom. The molecule has 1 aromatic rings. The van der Waals surface area contributed by atoms with Crippen LogP contribution in [-0.2, 0) is 20.7 Å². The van der Waals surface area contributed by atoms with Crippen LogP contribution in [0.3, 0.4) is 0 Å². The zero-order chi connectivity index (χ0) is 27.4. The van der Waals surface area contributed by atoms with Crippen LogP contribution in [0.15, 0.2) is 34.5 Å². The molecule has 1 aliphatic carbocycles. The average molecular weight is 546 g/mol. The van der Waals surface area contributed by atoms with Crippen LogP contribution < -0.4 is 5.73 Å². The van der Waals surface area contributed by atoms with Crippen LogP contribution in [0.2, 0.25) is 5.02 Å². The minimum Gasteiger partial charge on any atom is -0.481 e. The Morgan fingerprint density at radius 3 is 2.37 bits per heavy atom. The van der Waals surface area contributed by atoms with Crippen LogP contribution in [0.25, 0.3) is 0 Å². The van der Waals surface area contributed by atoms with E-state index in [9.17, 15) is 4.79 Å². The van der Waals surface area contributed by atoms with Crippen LogP contribution in [0.1, 0.15) is 58.4 Å². The Morgan fingerprint density at radius 1 is 1.18 bits per heavy atom. The monoisotopic (exact) mass is 545 g/mol. The minimum atomic E-state index is -0.833. The minimum absolute atomic E-state index is 0.252. The van der Waals surface area contributed by atoms with Gasteiger partial charge in [-0.1, -0.05) is 37.6 Å². The molecule has 2 saturated heterocycles. The van der Waals surface area contributed by atoms with E-state index in [1.807, 2.05) is 12.1 Å². The van der Waals surface area contributed by atoms with Gasteiger partial charge in [-0.2, -0.15) is 0 Å². The van der Waals surface area contributed by atoms with Crippen molar-refractivity contribution in [1.29, 1.82) is 0 Å². The van der Waals surface area contributed by atoms with Crippen LogP contribution in [0.4, 0.5) is 0 Å². The van der Waals surface area contributed by atoms with E-state index >= 15 is 0 Å². The predicted octanol–water partition coefficient (Wildman–Crippen LogP) is 3.59. The summed E-state index contributed by atoms with van der Waals surface area (Å²) in [5.74, 6) is 1.52. The number of ketones is 1. The van der Waals surface area contributed by atoms with Crippen molar-refractivity contribution in [2.24, 2.45) is 27.3 Å². The smallest absolute Gasteiger partial charge is 0.300 e. The second-order valence-electron chi connectivity index (χ2n) is 11.6. The highest BCUT2D eigenvalue weighted by Crippen LogP contribution is 2.53. The molecule has 3 fully saturated rings. The molecule has 1 saturated carbocycles. The van der Waals surface area contributed by atoms with Gasteiger partial charge in [0.05, 0.1) is 13.0 Å². The first-order chi connectivity index (χ1) is 18.0. The Balaban J connectivity index is 0.000000786. The Hall–Kier alpha value is -2.49. The Bertz CT molecular complexity index is 1060. The van der Waals surface area contributed by atoms with E-state index in [0.717, 1.165) is 56.6 Å². The molecule has 3 heterocycles. The van der Waals surface area contributed by atoms with E-state index < -0.39 is 5.97 Å². The second-order valence-corrected chi connectivity index (χ2v) is 12.0. The number of hydrogen-bond acceptors (Lipinski definition) is 8. The topological polar surface area (TPSA) is 121 Å². The van der Waals surface area contributed by atoms with Crippen molar-refractivity contribution >= 4 is 35.0 Å². The van der Waals surface area contributed by atoms with E-state index in [4.69, 9.17) is 32.0 Å². The van der Waals surface area contributed by atoms with Crippen LogP contribution in [0, 0.1) is 11.3 Å². The summed E-state index contributed by atoms with van der Waals surface area (Å²) < 4.78 is 6.20. The highest BCUT2D eigenvalue weighted by Gasteiger charge is 2.48. The van der Waals surface area contributed by atoms with Gasteiger partial charge >= 0.3 is 0 Å². The number of aliphatic carboxylic acids is 1. The van der Waals surface area contributed by atoms with Gasteiger partial charge in [0, 0.05) is 50.1 Å². The highest BCUT2D eigenvalue weighted by atomic mass is 35.5. The molecule has 208 valence electrons. The lowest BCUT2D eigenvalue weighted by Gasteiger charge is -2.46. The highest BCUT2D eigenvalue weighted by molar-refractivity contribution is 6.30. The second kappa shape index (κ2) is 12.1. The molecule has 0 spiro atoms. The summed E-state index contributed by atoms with van der Waals surface area (Å²) in [7, 11) is 0. The summed E-state index contributed by atoms with van der Waals surface area (Å²) >= 11 is 6.10. The van der Waals surface area contributed by atoms with Crippen molar-refractivity contribution < 1.29 is 19.4 Å². The van der Waals surface area contributed by atoms with Crippen LogP contribution >= 0.6 is 11.6 Å². The lowest BCUT2D eigenvalue weighted by atomic mass is 9.94. The number of carbonyl (C=O) groups is 2. The van der Waals surface area contributed by atoms with Crippen molar-refractivity contribution in [3.8, 4) is 0 Å². The SMILES string of the molecule is CC(=O)O.CC1(C)CC1CC(=O)[C@H]1CN(C2CCN(C3=NN=C(N)C3)CC2)[C@@H](Cc2ccc(Cl)cc2)CO1. The number of rotatable bonds is 6. The number of Topliss-reactive ketones (excluding diaryl/α,β-unsaturated/α-hetero) is 1. The summed E-state index contributed by atoms with van der Waals surface area (Å²) in [6, 6.07) is 8.76. The van der Waals surface area contributed by atoms with Crippen molar-refractivity contribution in [3.63, 3.8) is 0 Å². The van der Waals surface area contributed by atoms with E-state index in [1.54, 1.807) is 0 Å². The maximum atomic E-state index is 13.1. The fourth-order valence-electron chi connectivity index (χ4n) is 5.71. The van der Waals surface area contributed by atoms with Crippen molar-refractivity contribution in [1.82, 2.24) is 9.80 Å². The molecule has 9 nitrogen and oxygen atoms in total. The number of benzene rings is 1. The van der Waals surface area contributed by atoms with E-state index in [1.165, 1.54) is 5.56 Å². The summed E-state index contributed by atoms with van der Waals surface area (Å²) in [4.78, 5) is 27.0. The molecule has 3 aliphatic heterocycles. The number of nitrogens with zero attached hydrogens (tertiary/aromatic N) is 4. The molecule has 0 bridgehead atoms. The fourth-order valence-corrected chi connectivity index (χ4v) is 5.84. The molecule has 4 aliphatic rings. The molecule has 5 rings (SSSR count). The third-order valence-corrected chi connectivity index (χ3v) is 8.43. The number of hydrogen-bond donors (Lipinski definition) is 2. The van der Waals surface area contributed by atoms with Crippen molar-refractivity contribution in [2.45, 2.75) is 77.5 Å². The lowest BCUT2D eigenvalue weighted by Crippen LogP contribution is -2.58. The standard InChI is InChI=1S/C26H36ClN5O2.C2H4O2/c1-26(2)14-18(26)12-22(33)23-15-32(21(16-34-23)11-17-3-5-19(27)6-4-17)20-7-9-31(10-8-20)25-13-24(28)29-30-25;1-2(3)4/h3-6,18,20-21,23H,7-16H2,1-2H3,(H2,28,29);1H3,(H,3,4)/t18?,21-,23+;/m0./s1. The Labute approximate surface area is 230 Å². The quantitative estimate of drug-likeness (QED) is 0.560. The van der Waals surface area contributed by atoms with Crippen molar-refractivity contribution in [2.75, 3.05) is 26.2 Å². The van der Waals surface area contributed by atoms with Gasteiger partial charge in [0.15, 0.2) is 5.78 Å². The maximum Gasteiger partial charge on any atom is 0.300 e. The number of nitrogens with two attached hydrogens (primary N) is 1. The van der Waals surface area contributed by atoms with Gasteiger partial charge in [-0.15, -0.1) is 10.2 Å². The molecule has 3 atom stereocenters. The molecule has 38 heavy (non-hydrogen) atoms. The molecular weight excluding hydrogens is 506 g/mol. The summed E-state index contributed by atoms with van der Waals surface area (Å²) in [5.41, 5.74) is 7.38. The largest absolute Gasteiger partial charge is 0.481 e. The zero-order valence-electron chi connectivity index (χ0n) is 22.6. The van der Waals surface area contributed by atoms with Gasteiger partial charge in [0.1, 0.15) is 17.8 Å². The molecule has 1 aromatic carbocycles. The third-order valence-electron chi connectivity index (χ3n) is 8.18. The molecule has 0 amide bonds. The molecular formula is C28H40ClN5O4. The van der Waals surface area contributed by atoms with Crippen LogP contribution in [-0.4, -0.2) is 82.8 Å². The zero-order valence-corrected chi connectivity index (χ0v) is 23.4. The van der Waals surface area contributed by atoms with Gasteiger partial charge in [0.25, 0.3) is 5.97 Å². The van der Waals surface area contributed by atoms with E-state index in [0.29, 0.717) is 49.2 Å². The molecule has 10 heteroatoms. The van der Waals surface area contributed by atoms with Crippen molar-refractivity contribution in [3.05, 3.63) is 34.9 Å². The average Bonchev–Trinajstić information content (AvgIpc) is 3.24. The normalized spacial score (nSPS) is 27.2. The summed E-state index contributed by atoms with van der Waals surface area (Å²) in [6.07, 6.45) is 5.08. The van der Waals surface area contributed by atoms with Gasteiger partial charge in [-0.3, -0.25) is 14.5 Å². The molecule has 0 aromatic heterocycles. The van der Waals surface area contributed by atoms with Gasteiger partial charge in [-0.05, 0) is 54.7 Å². The first-order valence-corrected chi connectivity index (χ1v) is 13.9. The fraction of sp³-hybridized carbons (Fsp3) is 0.643. The molecule has 3 N–H and O–H groups in total. The third kappa shape index (κ3) is 7.55. The number of carbonyl (C=O) groups excluding carboxylic acids is 1. The first kappa shape index (κ1) is 28.5. The number of likely N-dealkylation sites (tertiary alicyclic amines) is 1. The van der Waals surface area contributed by atoms with Gasteiger partial charge < -0.3 is 20.5 Å². The van der Waals surface area contributed by atoms with E-state index in [2.05, 4.69) is 46.0 Å². The first-order valence-electron chi connectivity index (χ1n) is 13.5. The van der Waals surface area contributed by atoms with Gasteiger partial charge in [-0.25, -0.2) is 0 Å². The number of halogens is 1. The Kier molecular flexibility index (Phi) is 9.11. The summed E-state index contributed by atoms with van der Waals surface area (Å²) in [6.45, 7) is 8.74. The lowest BCUT2D eigenvalue weighted by molar-refractivity contribution is -0.143. The molecule has 1 unspecified atom stereocenters. The number of carboxylic acids is 1. The van der Waals surface area contributed by atoms with Gasteiger partial charge in [0.2, 0.25) is 0 Å². The number of morpholine rings is 1. The number of piperidine rings is 1.